The van der Waals surface area contributed by atoms with Gasteiger partial charge >= 0.3 is 5.69 Å². The number of hydrogen-bond donors (Lipinski definition) is 1. The van der Waals surface area contributed by atoms with Crippen molar-refractivity contribution in [3.05, 3.63) is 54.6 Å². The van der Waals surface area contributed by atoms with Crippen LogP contribution < -0.4 is 16.6 Å². The van der Waals surface area contributed by atoms with E-state index in [0.29, 0.717) is 46.9 Å². The van der Waals surface area contributed by atoms with Crippen molar-refractivity contribution >= 4 is 40.3 Å². The second kappa shape index (κ2) is 8.38. The van der Waals surface area contributed by atoms with Gasteiger partial charge in [-0.1, -0.05) is 29.3 Å². The Labute approximate surface area is 171 Å². The van der Waals surface area contributed by atoms with Crippen LogP contribution in [0.4, 0.5) is 5.95 Å². The van der Waals surface area contributed by atoms with Gasteiger partial charge in [0.2, 0.25) is 5.95 Å². The zero-order valence-corrected chi connectivity index (χ0v) is 17.3. The summed E-state index contributed by atoms with van der Waals surface area (Å²) in [4.78, 5) is 29.6. The van der Waals surface area contributed by atoms with E-state index in [-0.39, 0.29) is 0 Å². The van der Waals surface area contributed by atoms with Crippen LogP contribution >= 0.6 is 23.2 Å². The van der Waals surface area contributed by atoms with E-state index in [1.807, 2.05) is 6.07 Å². The number of nitrogens with zero attached hydrogens (tertiary/aromatic N) is 4. The lowest BCUT2D eigenvalue weighted by Gasteiger charge is -2.11. The van der Waals surface area contributed by atoms with Crippen molar-refractivity contribution in [1.29, 1.82) is 0 Å². The zero-order chi connectivity index (χ0) is 20.4. The SMILES string of the molecule is COCCCNc1nc2c(c(=O)n(C)c(=O)n2C)n1Cc1ccc(Cl)c(Cl)c1. The highest BCUT2D eigenvalue weighted by Gasteiger charge is 2.19. The summed E-state index contributed by atoms with van der Waals surface area (Å²) in [5, 5.41) is 4.11. The molecule has 0 saturated carbocycles. The second-order valence-corrected chi connectivity index (χ2v) is 7.24. The lowest BCUT2D eigenvalue weighted by Crippen LogP contribution is -2.37. The van der Waals surface area contributed by atoms with Gasteiger partial charge in [0.1, 0.15) is 0 Å². The number of aromatic nitrogens is 4. The number of aryl methyl sites for hydroxylation is 1. The maximum absolute atomic E-state index is 12.8. The van der Waals surface area contributed by atoms with Crippen LogP contribution in [-0.2, 0) is 25.4 Å². The third kappa shape index (κ3) is 3.80. The summed E-state index contributed by atoms with van der Waals surface area (Å²) >= 11 is 12.1. The van der Waals surface area contributed by atoms with E-state index in [4.69, 9.17) is 27.9 Å². The number of rotatable bonds is 7. The summed E-state index contributed by atoms with van der Waals surface area (Å²) in [6, 6.07) is 5.29. The monoisotopic (exact) mass is 425 g/mol. The number of imidazole rings is 1. The molecule has 2 aromatic heterocycles. The predicted molar refractivity (Wildman–Crippen MR) is 111 cm³/mol. The van der Waals surface area contributed by atoms with Gasteiger partial charge in [-0.3, -0.25) is 18.5 Å². The molecule has 0 bridgehead atoms. The number of hydrogen-bond acceptors (Lipinski definition) is 5. The van der Waals surface area contributed by atoms with Crippen molar-refractivity contribution in [3.63, 3.8) is 0 Å². The highest BCUT2D eigenvalue weighted by Crippen LogP contribution is 2.24. The normalized spacial score (nSPS) is 11.3. The van der Waals surface area contributed by atoms with E-state index < -0.39 is 11.2 Å². The zero-order valence-electron chi connectivity index (χ0n) is 15.8. The summed E-state index contributed by atoms with van der Waals surface area (Å²) in [6.45, 7) is 1.54. The first kappa shape index (κ1) is 20.4. The highest BCUT2D eigenvalue weighted by molar-refractivity contribution is 6.42. The summed E-state index contributed by atoms with van der Waals surface area (Å²) in [5.41, 5.74) is 0.676. The van der Waals surface area contributed by atoms with Gasteiger partial charge in [0.15, 0.2) is 11.2 Å². The van der Waals surface area contributed by atoms with Gasteiger partial charge in [-0.15, -0.1) is 0 Å². The Morgan fingerprint density at radius 1 is 1.14 bits per heavy atom. The van der Waals surface area contributed by atoms with E-state index in [0.717, 1.165) is 16.6 Å². The Kier molecular flexibility index (Phi) is 6.12. The van der Waals surface area contributed by atoms with Crippen LogP contribution in [-0.4, -0.2) is 38.9 Å². The maximum atomic E-state index is 12.8. The molecular formula is C18H21Cl2N5O3. The number of anilines is 1. The minimum Gasteiger partial charge on any atom is -0.385 e. The van der Waals surface area contributed by atoms with E-state index in [9.17, 15) is 9.59 Å². The fourth-order valence-corrected chi connectivity index (χ4v) is 3.29. The Balaban J connectivity index is 2.14. The van der Waals surface area contributed by atoms with E-state index in [1.165, 1.54) is 11.6 Å². The summed E-state index contributed by atoms with van der Waals surface area (Å²) < 4.78 is 9.26. The van der Waals surface area contributed by atoms with Crippen molar-refractivity contribution in [2.75, 3.05) is 25.6 Å². The van der Waals surface area contributed by atoms with Crippen LogP contribution in [0.2, 0.25) is 10.0 Å². The quantitative estimate of drug-likeness (QED) is 0.586. The number of methoxy groups -OCH3 is 1. The first-order chi connectivity index (χ1) is 13.3. The molecule has 10 heteroatoms. The minimum absolute atomic E-state index is 0.322. The lowest BCUT2D eigenvalue weighted by atomic mass is 10.2. The van der Waals surface area contributed by atoms with Crippen molar-refractivity contribution < 1.29 is 4.74 Å². The molecule has 0 atom stereocenters. The predicted octanol–water partition coefficient (Wildman–Crippen LogP) is 2.24. The molecule has 0 saturated heterocycles. The van der Waals surface area contributed by atoms with Gasteiger partial charge < -0.3 is 10.1 Å². The molecule has 0 fully saturated rings. The molecule has 0 aliphatic heterocycles. The average molecular weight is 426 g/mol. The molecule has 0 amide bonds. The Morgan fingerprint density at radius 2 is 1.89 bits per heavy atom. The lowest BCUT2D eigenvalue weighted by molar-refractivity contribution is 0.197. The topological polar surface area (TPSA) is 83.1 Å². The minimum atomic E-state index is -0.428. The molecule has 0 aliphatic rings. The third-order valence-corrected chi connectivity index (χ3v) is 5.22. The van der Waals surface area contributed by atoms with Crippen LogP contribution in [0.3, 0.4) is 0 Å². The van der Waals surface area contributed by atoms with Gasteiger partial charge in [0.05, 0.1) is 16.6 Å². The van der Waals surface area contributed by atoms with E-state index in [1.54, 1.807) is 30.9 Å². The first-order valence-corrected chi connectivity index (χ1v) is 9.43. The molecule has 2 heterocycles. The molecule has 3 rings (SSSR count). The van der Waals surface area contributed by atoms with E-state index in [2.05, 4.69) is 10.3 Å². The molecule has 0 spiro atoms. The molecule has 1 aromatic carbocycles. The molecule has 0 aliphatic carbocycles. The largest absolute Gasteiger partial charge is 0.385 e. The molecular weight excluding hydrogens is 405 g/mol. The molecule has 0 unspecified atom stereocenters. The molecule has 1 N–H and O–H groups in total. The van der Waals surface area contributed by atoms with Crippen molar-refractivity contribution in [3.8, 4) is 0 Å². The third-order valence-electron chi connectivity index (χ3n) is 4.48. The number of benzene rings is 1. The highest BCUT2D eigenvalue weighted by atomic mass is 35.5. The van der Waals surface area contributed by atoms with Crippen LogP contribution in [0.1, 0.15) is 12.0 Å². The Hall–Kier alpha value is -2.29. The van der Waals surface area contributed by atoms with Crippen LogP contribution in [0.5, 0.6) is 0 Å². The molecule has 3 aromatic rings. The molecule has 28 heavy (non-hydrogen) atoms. The van der Waals surface area contributed by atoms with Gasteiger partial charge in [0.25, 0.3) is 5.56 Å². The fraction of sp³-hybridized carbons (Fsp3) is 0.389. The first-order valence-electron chi connectivity index (χ1n) is 8.68. The summed E-state index contributed by atoms with van der Waals surface area (Å²) in [5.74, 6) is 0.496. The molecule has 8 nitrogen and oxygen atoms in total. The fourth-order valence-electron chi connectivity index (χ4n) is 2.97. The number of ether oxygens (including phenoxy) is 1. The number of fused-ring (bicyclic) bond motifs is 1. The Morgan fingerprint density at radius 3 is 2.57 bits per heavy atom. The standard InChI is InChI=1S/C18H21Cl2N5O3/c1-23-15-14(16(26)24(2)18(23)27)25(17(22-15)21-7-4-8-28-3)10-11-5-6-12(19)13(20)9-11/h5-6,9H,4,7-8,10H2,1-3H3,(H,21,22). The van der Waals surface area contributed by atoms with Crippen molar-refractivity contribution in [1.82, 2.24) is 18.7 Å². The molecule has 150 valence electrons. The van der Waals surface area contributed by atoms with Crippen LogP contribution in [0.25, 0.3) is 11.2 Å². The smallest absolute Gasteiger partial charge is 0.332 e. The second-order valence-electron chi connectivity index (χ2n) is 6.42. The maximum Gasteiger partial charge on any atom is 0.332 e. The number of nitrogens with one attached hydrogen (secondary N) is 1. The van der Waals surface area contributed by atoms with Crippen LogP contribution in [0, 0.1) is 0 Å². The van der Waals surface area contributed by atoms with Gasteiger partial charge in [0, 0.05) is 34.4 Å². The summed E-state index contributed by atoms with van der Waals surface area (Å²) in [7, 11) is 4.68. The summed E-state index contributed by atoms with van der Waals surface area (Å²) in [6.07, 6.45) is 0.767. The van der Waals surface area contributed by atoms with Gasteiger partial charge in [-0.25, -0.2) is 4.79 Å². The van der Waals surface area contributed by atoms with Crippen molar-refractivity contribution in [2.45, 2.75) is 13.0 Å². The molecule has 0 radical (unpaired) electrons. The van der Waals surface area contributed by atoms with Crippen molar-refractivity contribution in [2.24, 2.45) is 14.1 Å². The van der Waals surface area contributed by atoms with Crippen LogP contribution in [0.15, 0.2) is 27.8 Å². The van der Waals surface area contributed by atoms with E-state index >= 15 is 0 Å². The van der Waals surface area contributed by atoms with Gasteiger partial charge in [-0.05, 0) is 24.1 Å². The number of halogens is 2. The Bertz CT molecular complexity index is 1130. The average Bonchev–Trinajstić information content (AvgIpc) is 3.03. The van der Waals surface area contributed by atoms with Gasteiger partial charge in [-0.2, -0.15) is 4.98 Å².